The maximum atomic E-state index is 5.12. The van der Waals surface area contributed by atoms with Crippen LogP contribution in [0.25, 0.3) is 61.7 Å². The Morgan fingerprint density at radius 2 is 1.04 bits per heavy atom. The number of rotatable bonds is 9. The van der Waals surface area contributed by atoms with Crippen LogP contribution in [-0.4, -0.2) is 20.7 Å². The first-order valence-corrected chi connectivity index (χ1v) is 17.2. The molecule has 0 unspecified atom stereocenters. The Labute approximate surface area is 300 Å². The highest BCUT2D eigenvalue weighted by Crippen LogP contribution is 2.31. The van der Waals surface area contributed by atoms with Gasteiger partial charge in [0, 0.05) is 28.6 Å². The van der Waals surface area contributed by atoms with Crippen LogP contribution in [0.5, 0.6) is 0 Å². The SMILES string of the molecule is C/C=C\C(=C/C(C)=Nc1ncccc1C)c1ccc(-c2cc(-c3ccc(-c4ccccc4)cc3)nc(-c3ccc(-c4ccccc4)cc3)n2)cc1. The number of pyridine rings is 1. The molecule has 2 heterocycles. The number of aliphatic imine (C=N–C) groups is 1. The van der Waals surface area contributed by atoms with E-state index in [9.17, 15) is 0 Å². The highest BCUT2D eigenvalue weighted by Gasteiger charge is 2.12. The van der Waals surface area contributed by atoms with E-state index in [0.29, 0.717) is 5.82 Å². The summed E-state index contributed by atoms with van der Waals surface area (Å²) in [7, 11) is 0. The summed E-state index contributed by atoms with van der Waals surface area (Å²) in [5.74, 6) is 1.42. The Morgan fingerprint density at radius 1 is 0.549 bits per heavy atom. The van der Waals surface area contributed by atoms with Crippen molar-refractivity contribution in [3.05, 3.63) is 187 Å². The van der Waals surface area contributed by atoms with E-state index in [1.807, 2.05) is 51.1 Å². The van der Waals surface area contributed by atoms with Gasteiger partial charge in [0.25, 0.3) is 0 Å². The predicted octanol–water partition coefficient (Wildman–Crippen LogP) is 12.3. The Bertz CT molecular complexity index is 2240. The summed E-state index contributed by atoms with van der Waals surface area (Å²) >= 11 is 0. The fraction of sp³-hybridized carbons (Fsp3) is 0.0638. The average Bonchev–Trinajstić information content (AvgIpc) is 3.19. The molecule has 0 bridgehead atoms. The van der Waals surface area contributed by atoms with Crippen LogP contribution in [0, 0.1) is 6.92 Å². The number of benzene rings is 5. The zero-order valence-corrected chi connectivity index (χ0v) is 29.0. The first-order chi connectivity index (χ1) is 25.0. The molecule has 0 fully saturated rings. The van der Waals surface area contributed by atoms with Gasteiger partial charge in [-0.05, 0) is 77.9 Å². The third-order valence-corrected chi connectivity index (χ3v) is 8.75. The Kier molecular flexibility index (Phi) is 9.94. The molecular formula is C47H38N4. The van der Waals surface area contributed by atoms with Gasteiger partial charge in [0.15, 0.2) is 11.6 Å². The number of allylic oxidation sites excluding steroid dienone is 4. The first kappa shape index (κ1) is 33.0. The van der Waals surface area contributed by atoms with Crippen LogP contribution in [-0.2, 0) is 0 Å². The van der Waals surface area contributed by atoms with Gasteiger partial charge in [-0.3, -0.25) is 0 Å². The molecule has 0 atom stereocenters. The van der Waals surface area contributed by atoms with Gasteiger partial charge < -0.3 is 0 Å². The summed E-state index contributed by atoms with van der Waals surface area (Å²) in [5, 5.41) is 0. The molecule has 51 heavy (non-hydrogen) atoms. The maximum Gasteiger partial charge on any atom is 0.160 e. The number of hydrogen-bond donors (Lipinski definition) is 0. The number of hydrogen-bond acceptors (Lipinski definition) is 4. The number of aryl methyl sites for hydroxylation is 1. The average molecular weight is 659 g/mol. The lowest BCUT2D eigenvalue weighted by Crippen LogP contribution is -1.96. The molecule has 0 saturated heterocycles. The minimum Gasteiger partial charge on any atom is -0.237 e. The fourth-order valence-electron chi connectivity index (χ4n) is 6.04. The van der Waals surface area contributed by atoms with E-state index in [0.717, 1.165) is 61.9 Å². The van der Waals surface area contributed by atoms with Gasteiger partial charge in [-0.25, -0.2) is 19.9 Å². The molecule has 0 N–H and O–H groups in total. The molecule has 4 heteroatoms. The predicted molar refractivity (Wildman–Crippen MR) is 214 cm³/mol. The lowest BCUT2D eigenvalue weighted by Gasteiger charge is -2.11. The molecule has 0 spiro atoms. The van der Waals surface area contributed by atoms with E-state index < -0.39 is 0 Å². The van der Waals surface area contributed by atoms with Crippen molar-refractivity contribution in [3.8, 4) is 56.2 Å². The van der Waals surface area contributed by atoms with Crippen LogP contribution in [0.1, 0.15) is 25.0 Å². The second-order valence-electron chi connectivity index (χ2n) is 12.4. The van der Waals surface area contributed by atoms with Crippen LogP contribution in [0.3, 0.4) is 0 Å². The minimum absolute atomic E-state index is 0.685. The van der Waals surface area contributed by atoms with Crippen molar-refractivity contribution < 1.29 is 0 Å². The van der Waals surface area contributed by atoms with Gasteiger partial charge in [-0.1, -0.05) is 152 Å². The van der Waals surface area contributed by atoms with Crippen molar-refractivity contribution in [3.63, 3.8) is 0 Å². The summed E-state index contributed by atoms with van der Waals surface area (Å²) in [6.45, 7) is 6.06. The lowest BCUT2D eigenvalue weighted by molar-refractivity contribution is 1.18. The molecule has 0 amide bonds. The van der Waals surface area contributed by atoms with E-state index in [1.165, 1.54) is 16.7 Å². The van der Waals surface area contributed by atoms with Gasteiger partial charge in [-0.15, -0.1) is 0 Å². The van der Waals surface area contributed by atoms with E-state index in [2.05, 4.69) is 145 Å². The monoisotopic (exact) mass is 658 g/mol. The van der Waals surface area contributed by atoms with Gasteiger partial charge in [0.2, 0.25) is 0 Å². The summed E-state index contributed by atoms with van der Waals surface area (Å²) in [6, 6.07) is 52.5. The Morgan fingerprint density at radius 3 is 1.57 bits per heavy atom. The molecule has 0 saturated carbocycles. The molecule has 0 radical (unpaired) electrons. The quantitative estimate of drug-likeness (QED) is 0.115. The van der Waals surface area contributed by atoms with E-state index >= 15 is 0 Å². The molecule has 7 aromatic rings. The molecule has 246 valence electrons. The van der Waals surface area contributed by atoms with Crippen molar-refractivity contribution in [2.75, 3.05) is 0 Å². The van der Waals surface area contributed by atoms with Gasteiger partial charge >= 0.3 is 0 Å². The fourth-order valence-corrected chi connectivity index (χ4v) is 6.04. The maximum absolute atomic E-state index is 5.12. The molecule has 0 aliphatic carbocycles. The minimum atomic E-state index is 0.685. The molecule has 2 aromatic heterocycles. The van der Waals surface area contributed by atoms with Crippen LogP contribution >= 0.6 is 0 Å². The molecule has 7 rings (SSSR count). The third-order valence-electron chi connectivity index (χ3n) is 8.75. The van der Waals surface area contributed by atoms with Crippen molar-refractivity contribution in [2.24, 2.45) is 4.99 Å². The van der Waals surface area contributed by atoms with Crippen LogP contribution in [0.15, 0.2) is 181 Å². The van der Waals surface area contributed by atoms with Gasteiger partial charge in [0.1, 0.15) is 0 Å². The normalized spacial score (nSPS) is 12.0. The number of nitrogens with zero attached hydrogens (tertiary/aromatic N) is 4. The van der Waals surface area contributed by atoms with Crippen molar-refractivity contribution in [1.29, 1.82) is 0 Å². The largest absolute Gasteiger partial charge is 0.237 e. The molecule has 4 nitrogen and oxygen atoms in total. The second-order valence-corrected chi connectivity index (χ2v) is 12.4. The topological polar surface area (TPSA) is 51.0 Å². The van der Waals surface area contributed by atoms with E-state index in [-0.39, 0.29) is 0 Å². The van der Waals surface area contributed by atoms with Gasteiger partial charge in [-0.2, -0.15) is 0 Å². The van der Waals surface area contributed by atoms with Crippen LogP contribution in [0.2, 0.25) is 0 Å². The van der Waals surface area contributed by atoms with E-state index in [1.54, 1.807) is 6.20 Å². The highest BCUT2D eigenvalue weighted by atomic mass is 14.9. The summed E-state index contributed by atoms with van der Waals surface area (Å²) in [4.78, 5) is 19.4. The number of aromatic nitrogens is 3. The van der Waals surface area contributed by atoms with Crippen molar-refractivity contribution >= 4 is 17.1 Å². The summed E-state index contributed by atoms with van der Waals surface area (Å²) in [6.07, 6.45) is 8.03. The zero-order chi connectivity index (χ0) is 35.0. The van der Waals surface area contributed by atoms with Crippen molar-refractivity contribution in [2.45, 2.75) is 20.8 Å². The highest BCUT2D eigenvalue weighted by molar-refractivity contribution is 6.02. The Balaban J connectivity index is 1.25. The molecule has 0 aliphatic rings. The first-order valence-electron chi connectivity index (χ1n) is 17.2. The third kappa shape index (κ3) is 7.87. The standard InChI is InChI=1S/C47H38N4/c1-4-12-43(31-34(3)49-46-33(2)13-11-30-48-46)39-20-26-41(27-21-39)45-32-44(40-24-18-37(19-25-40)35-14-7-5-8-15-35)50-47(51-45)42-28-22-38(23-29-42)36-16-9-6-10-17-36/h4-32H,1-3H3/b12-4-,43-31+,49-34?. The molecule has 5 aromatic carbocycles. The second kappa shape index (κ2) is 15.4. The Hall–Kier alpha value is -6.52. The van der Waals surface area contributed by atoms with Gasteiger partial charge in [0.05, 0.1) is 11.4 Å². The summed E-state index contributed by atoms with van der Waals surface area (Å²) < 4.78 is 0. The van der Waals surface area contributed by atoms with Crippen LogP contribution in [0.4, 0.5) is 5.82 Å². The molecular weight excluding hydrogens is 621 g/mol. The summed E-state index contributed by atoms with van der Waals surface area (Å²) in [5.41, 5.74) is 13.5. The molecule has 0 aliphatic heterocycles. The van der Waals surface area contributed by atoms with Crippen molar-refractivity contribution in [1.82, 2.24) is 15.0 Å². The smallest absolute Gasteiger partial charge is 0.160 e. The van der Waals surface area contributed by atoms with Crippen LogP contribution < -0.4 is 0 Å². The lowest BCUT2D eigenvalue weighted by atomic mass is 9.99. The zero-order valence-electron chi connectivity index (χ0n) is 29.0. The van der Waals surface area contributed by atoms with E-state index in [4.69, 9.17) is 15.0 Å².